The van der Waals surface area contributed by atoms with Gasteiger partial charge in [-0.1, -0.05) is 6.07 Å². The molecule has 1 aliphatic rings. The number of hydrogen-bond donors (Lipinski definition) is 2. The standard InChI is InChI=1S/C18H23N5O3/c1-12(17(24)22-6-2-3-7-22)23-10-15(21-11-23)14(18(25)26)8-13-4-5-16(19)20-9-13/h4-5,9-12,14H,2-3,6-8H2,1H3,(H2,19,20)(H,25,26). The van der Waals surface area contributed by atoms with Gasteiger partial charge in [0, 0.05) is 25.5 Å². The molecule has 8 nitrogen and oxygen atoms in total. The van der Waals surface area contributed by atoms with Crippen molar-refractivity contribution in [3.8, 4) is 0 Å². The van der Waals surface area contributed by atoms with E-state index in [1.54, 1.807) is 29.1 Å². The zero-order chi connectivity index (χ0) is 18.7. The fourth-order valence-corrected chi connectivity index (χ4v) is 3.18. The molecule has 3 heterocycles. The maximum absolute atomic E-state index is 12.5. The summed E-state index contributed by atoms with van der Waals surface area (Å²) in [6.07, 6.45) is 7.08. The molecular weight excluding hydrogens is 334 g/mol. The number of likely N-dealkylation sites (tertiary alicyclic amines) is 1. The largest absolute Gasteiger partial charge is 0.481 e. The van der Waals surface area contributed by atoms with Crippen LogP contribution in [0.25, 0.3) is 0 Å². The first-order valence-electron chi connectivity index (χ1n) is 8.71. The van der Waals surface area contributed by atoms with Crippen LogP contribution in [0.3, 0.4) is 0 Å². The van der Waals surface area contributed by atoms with E-state index in [9.17, 15) is 14.7 Å². The van der Waals surface area contributed by atoms with Gasteiger partial charge in [-0.25, -0.2) is 9.97 Å². The van der Waals surface area contributed by atoms with E-state index in [1.807, 2.05) is 11.8 Å². The van der Waals surface area contributed by atoms with Crippen molar-refractivity contribution in [3.05, 3.63) is 42.1 Å². The minimum absolute atomic E-state index is 0.0426. The van der Waals surface area contributed by atoms with Crippen molar-refractivity contribution in [1.29, 1.82) is 0 Å². The monoisotopic (exact) mass is 357 g/mol. The Morgan fingerprint density at radius 2 is 2.00 bits per heavy atom. The predicted molar refractivity (Wildman–Crippen MR) is 95.5 cm³/mol. The lowest BCUT2D eigenvalue weighted by Crippen LogP contribution is -2.33. The highest BCUT2D eigenvalue weighted by molar-refractivity contribution is 5.80. The summed E-state index contributed by atoms with van der Waals surface area (Å²) in [4.78, 5) is 34.3. The number of aliphatic carboxylic acids is 1. The van der Waals surface area contributed by atoms with Crippen LogP contribution in [0.15, 0.2) is 30.9 Å². The first kappa shape index (κ1) is 17.9. The van der Waals surface area contributed by atoms with Crippen LogP contribution in [-0.4, -0.2) is 49.5 Å². The molecule has 0 saturated carbocycles. The zero-order valence-corrected chi connectivity index (χ0v) is 14.7. The third-order valence-electron chi connectivity index (χ3n) is 4.79. The summed E-state index contributed by atoms with van der Waals surface area (Å²) in [6.45, 7) is 3.38. The minimum atomic E-state index is -0.967. The number of amides is 1. The highest BCUT2D eigenvalue weighted by Crippen LogP contribution is 2.22. The van der Waals surface area contributed by atoms with Crippen LogP contribution in [0, 0.1) is 0 Å². The molecule has 2 atom stereocenters. The van der Waals surface area contributed by atoms with E-state index in [0.717, 1.165) is 31.5 Å². The van der Waals surface area contributed by atoms with E-state index in [4.69, 9.17) is 5.73 Å². The Morgan fingerprint density at radius 3 is 2.62 bits per heavy atom. The van der Waals surface area contributed by atoms with Gasteiger partial charge in [0.15, 0.2) is 0 Å². The van der Waals surface area contributed by atoms with Crippen LogP contribution in [0.4, 0.5) is 5.82 Å². The fourth-order valence-electron chi connectivity index (χ4n) is 3.18. The highest BCUT2D eigenvalue weighted by Gasteiger charge is 2.27. The van der Waals surface area contributed by atoms with Crippen molar-refractivity contribution >= 4 is 17.7 Å². The van der Waals surface area contributed by atoms with Gasteiger partial charge in [-0.15, -0.1) is 0 Å². The molecule has 0 radical (unpaired) electrons. The first-order valence-corrected chi connectivity index (χ1v) is 8.71. The number of nitrogens with zero attached hydrogens (tertiary/aromatic N) is 4. The summed E-state index contributed by atoms with van der Waals surface area (Å²) < 4.78 is 1.69. The molecule has 1 aliphatic heterocycles. The number of carbonyl (C=O) groups is 2. The van der Waals surface area contributed by atoms with Crippen LogP contribution < -0.4 is 5.73 Å². The fraction of sp³-hybridized carbons (Fsp3) is 0.444. The first-order chi connectivity index (χ1) is 12.5. The van der Waals surface area contributed by atoms with Gasteiger partial charge in [0.2, 0.25) is 5.91 Å². The second-order valence-corrected chi connectivity index (χ2v) is 6.64. The Morgan fingerprint density at radius 1 is 1.27 bits per heavy atom. The average Bonchev–Trinajstić information content (AvgIpc) is 3.31. The number of aromatic nitrogens is 3. The molecule has 0 bridgehead atoms. The molecule has 1 fully saturated rings. The molecule has 2 aromatic rings. The number of carboxylic acid groups (broad SMARTS) is 1. The molecule has 2 aromatic heterocycles. The smallest absolute Gasteiger partial charge is 0.312 e. The molecular formula is C18H23N5O3. The zero-order valence-electron chi connectivity index (χ0n) is 14.7. The summed E-state index contributed by atoms with van der Waals surface area (Å²) in [5.41, 5.74) is 6.76. The van der Waals surface area contributed by atoms with Gasteiger partial charge in [0.1, 0.15) is 17.8 Å². The van der Waals surface area contributed by atoms with Crippen molar-refractivity contribution in [1.82, 2.24) is 19.4 Å². The number of hydrogen-bond acceptors (Lipinski definition) is 5. The number of pyridine rings is 1. The van der Waals surface area contributed by atoms with Gasteiger partial charge in [0.05, 0.1) is 12.0 Å². The Hall–Kier alpha value is -2.90. The molecule has 8 heteroatoms. The molecule has 0 aromatic carbocycles. The third-order valence-corrected chi connectivity index (χ3v) is 4.79. The Bertz CT molecular complexity index is 780. The quantitative estimate of drug-likeness (QED) is 0.809. The lowest BCUT2D eigenvalue weighted by Gasteiger charge is -2.21. The van der Waals surface area contributed by atoms with Gasteiger partial charge in [-0.3, -0.25) is 9.59 Å². The number of nitrogen functional groups attached to an aromatic ring is 1. The van der Waals surface area contributed by atoms with Gasteiger partial charge >= 0.3 is 5.97 Å². The van der Waals surface area contributed by atoms with Gasteiger partial charge in [0.25, 0.3) is 0 Å². The number of imidazole rings is 1. The number of rotatable bonds is 6. The molecule has 3 N–H and O–H groups in total. The van der Waals surface area contributed by atoms with Crippen molar-refractivity contribution in [2.75, 3.05) is 18.8 Å². The molecule has 3 rings (SSSR count). The van der Waals surface area contributed by atoms with Gasteiger partial charge in [-0.2, -0.15) is 0 Å². The SMILES string of the molecule is CC(C(=O)N1CCCC1)n1cnc(C(Cc2ccc(N)nc2)C(=O)O)c1. The van der Waals surface area contributed by atoms with Crippen LogP contribution in [0.5, 0.6) is 0 Å². The second kappa shape index (κ2) is 7.55. The maximum Gasteiger partial charge on any atom is 0.312 e. The summed E-state index contributed by atoms with van der Waals surface area (Å²) in [5, 5.41) is 9.60. The summed E-state index contributed by atoms with van der Waals surface area (Å²) in [5.74, 6) is -1.35. The minimum Gasteiger partial charge on any atom is -0.481 e. The van der Waals surface area contributed by atoms with E-state index in [0.29, 0.717) is 11.5 Å². The van der Waals surface area contributed by atoms with Gasteiger partial charge in [-0.05, 0) is 37.8 Å². The third kappa shape index (κ3) is 3.84. The van der Waals surface area contributed by atoms with Crippen molar-refractivity contribution in [2.45, 2.75) is 38.1 Å². The molecule has 2 unspecified atom stereocenters. The lowest BCUT2D eigenvalue weighted by atomic mass is 9.98. The maximum atomic E-state index is 12.5. The molecule has 1 saturated heterocycles. The molecule has 1 amide bonds. The van der Waals surface area contributed by atoms with Gasteiger partial charge < -0.3 is 20.3 Å². The second-order valence-electron chi connectivity index (χ2n) is 6.64. The van der Waals surface area contributed by atoms with E-state index >= 15 is 0 Å². The number of carbonyl (C=O) groups excluding carboxylic acids is 1. The molecule has 0 spiro atoms. The van der Waals surface area contributed by atoms with Crippen molar-refractivity contribution < 1.29 is 14.7 Å². The predicted octanol–water partition coefficient (Wildman–Crippen LogP) is 1.45. The van der Waals surface area contributed by atoms with Crippen molar-refractivity contribution in [3.63, 3.8) is 0 Å². The number of nitrogens with two attached hydrogens (primary N) is 1. The highest BCUT2D eigenvalue weighted by atomic mass is 16.4. The summed E-state index contributed by atoms with van der Waals surface area (Å²) in [7, 11) is 0. The topological polar surface area (TPSA) is 114 Å². The van der Waals surface area contributed by atoms with E-state index in [-0.39, 0.29) is 12.3 Å². The molecule has 0 aliphatic carbocycles. The number of carboxylic acids is 1. The van der Waals surface area contributed by atoms with Crippen LogP contribution in [0.1, 0.15) is 43.0 Å². The van der Waals surface area contributed by atoms with Crippen LogP contribution >= 0.6 is 0 Å². The lowest BCUT2D eigenvalue weighted by molar-refractivity contribution is -0.138. The Balaban J connectivity index is 1.75. The van der Waals surface area contributed by atoms with Crippen LogP contribution in [-0.2, 0) is 16.0 Å². The molecule has 26 heavy (non-hydrogen) atoms. The van der Waals surface area contributed by atoms with E-state index < -0.39 is 17.9 Å². The van der Waals surface area contributed by atoms with E-state index in [2.05, 4.69) is 9.97 Å². The normalized spacial score (nSPS) is 16.4. The molecule has 138 valence electrons. The summed E-state index contributed by atoms with van der Waals surface area (Å²) >= 11 is 0. The summed E-state index contributed by atoms with van der Waals surface area (Å²) in [6, 6.07) is 3.00. The van der Waals surface area contributed by atoms with Crippen LogP contribution in [0.2, 0.25) is 0 Å². The Kier molecular flexibility index (Phi) is 5.20. The van der Waals surface area contributed by atoms with E-state index in [1.165, 1.54) is 6.33 Å². The number of anilines is 1. The van der Waals surface area contributed by atoms with Crippen molar-refractivity contribution in [2.24, 2.45) is 0 Å². The average molecular weight is 357 g/mol. The Labute approximate surface area is 151 Å².